The van der Waals surface area contributed by atoms with Crippen LogP contribution in [0, 0.1) is 6.92 Å². The molecule has 0 unspecified atom stereocenters. The van der Waals surface area contributed by atoms with Gasteiger partial charge in [-0.3, -0.25) is 4.98 Å². The Bertz CT molecular complexity index is 458. The highest BCUT2D eigenvalue weighted by Crippen LogP contribution is 2.18. The average Bonchev–Trinajstić information content (AvgIpc) is 2.30. The van der Waals surface area contributed by atoms with Gasteiger partial charge in [0.15, 0.2) is 0 Å². The van der Waals surface area contributed by atoms with Gasteiger partial charge in [0.25, 0.3) is 0 Å². The van der Waals surface area contributed by atoms with Gasteiger partial charge in [-0.15, -0.1) is 0 Å². The lowest BCUT2D eigenvalue weighted by Gasteiger charge is -2.06. The summed E-state index contributed by atoms with van der Waals surface area (Å²) in [6, 6.07) is 10.7. The number of hydrogen-bond donors (Lipinski definition) is 0. The first-order valence-corrected chi connectivity index (χ1v) is 6.04. The number of rotatable bonds is 1. The first kappa shape index (κ1) is 12.7. The minimum Gasteiger partial charge on any atom is -0.253 e. The Kier molecular flexibility index (Phi) is 4.48. The van der Waals surface area contributed by atoms with Crippen molar-refractivity contribution in [2.24, 2.45) is 0 Å². The molecule has 1 aromatic heterocycles. The third-order valence-electron chi connectivity index (χ3n) is 2.46. The fraction of sp³-hybridized carbons (Fsp3) is 0.400. The molecular weight excluding hydrogens is 194 g/mol. The smallest absolute Gasteiger partial charge is 0.0708 e. The van der Waals surface area contributed by atoms with Gasteiger partial charge in [-0.1, -0.05) is 45.9 Å². The van der Waals surface area contributed by atoms with Gasteiger partial charge in [-0.25, -0.2) is 0 Å². The van der Waals surface area contributed by atoms with E-state index in [1.54, 1.807) is 0 Å². The van der Waals surface area contributed by atoms with Gasteiger partial charge < -0.3 is 0 Å². The topological polar surface area (TPSA) is 12.9 Å². The third-order valence-corrected chi connectivity index (χ3v) is 2.46. The Balaban J connectivity index is 0.000000606. The maximum atomic E-state index is 4.64. The molecule has 0 aliphatic carbocycles. The summed E-state index contributed by atoms with van der Waals surface area (Å²) >= 11 is 0. The van der Waals surface area contributed by atoms with Crippen LogP contribution in [0.2, 0.25) is 0 Å². The summed E-state index contributed by atoms with van der Waals surface area (Å²) in [4.78, 5) is 4.64. The molecule has 2 rings (SSSR count). The van der Waals surface area contributed by atoms with Gasteiger partial charge in [-0.2, -0.15) is 0 Å². The minimum atomic E-state index is 0.500. The van der Waals surface area contributed by atoms with Crippen molar-refractivity contribution in [3.8, 4) is 0 Å². The van der Waals surface area contributed by atoms with Gasteiger partial charge >= 0.3 is 0 Å². The van der Waals surface area contributed by atoms with Crippen LogP contribution >= 0.6 is 0 Å². The number of fused-ring (bicyclic) bond motifs is 1. The minimum absolute atomic E-state index is 0.500. The van der Waals surface area contributed by atoms with Crippen molar-refractivity contribution in [3.05, 3.63) is 41.6 Å². The molecule has 1 heteroatoms. The van der Waals surface area contributed by atoms with E-state index in [2.05, 4.69) is 56.1 Å². The first-order chi connectivity index (χ1) is 7.66. The van der Waals surface area contributed by atoms with E-state index in [0.29, 0.717) is 5.92 Å². The normalized spacial score (nSPS) is 10.1. The molecule has 0 saturated heterocycles. The number of benzene rings is 1. The molecule has 1 heterocycles. The molecule has 2 aromatic rings. The highest BCUT2D eigenvalue weighted by Gasteiger charge is 2.01. The van der Waals surface area contributed by atoms with Gasteiger partial charge in [0.05, 0.1) is 5.52 Å². The van der Waals surface area contributed by atoms with Crippen LogP contribution in [0.4, 0.5) is 0 Å². The predicted octanol–water partition coefficient (Wildman–Crippen LogP) is 4.69. The summed E-state index contributed by atoms with van der Waals surface area (Å²) in [6.07, 6.45) is 0. The van der Waals surface area contributed by atoms with Crippen LogP contribution in [0.3, 0.4) is 0 Å². The van der Waals surface area contributed by atoms with Crippen LogP contribution in [0.1, 0.15) is 44.9 Å². The summed E-state index contributed by atoms with van der Waals surface area (Å²) in [5.74, 6) is 0.500. The van der Waals surface area contributed by atoms with E-state index >= 15 is 0 Å². The van der Waals surface area contributed by atoms with Crippen LogP contribution in [-0.2, 0) is 0 Å². The number of aryl methyl sites for hydroxylation is 1. The van der Waals surface area contributed by atoms with E-state index in [1.807, 2.05) is 13.8 Å². The molecular formula is C15H21N. The number of hydrogen-bond acceptors (Lipinski definition) is 1. The zero-order chi connectivity index (χ0) is 12.1. The van der Waals surface area contributed by atoms with E-state index in [9.17, 15) is 0 Å². The molecule has 1 aromatic carbocycles. The second-order valence-electron chi connectivity index (χ2n) is 4.09. The van der Waals surface area contributed by atoms with Crippen molar-refractivity contribution < 1.29 is 0 Å². The molecule has 0 spiro atoms. The predicted molar refractivity (Wildman–Crippen MR) is 71.9 cm³/mol. The Hall–Kier alpha value is -1.37. The van der Waals surface area contributed by atoms with E-state index in [-0.39, 0.29) is 0 Å². The number of pyridine rings is 1. The molecule has 0 N–H and O–H groups in total. The summed E-state index contributed by atoms with van der Waals surface area (Å²) in [5, 5.41) is 1.22. The highest BCUT2D eigenvalue weighted by molar-refractivity contribution is 5.79. The number of nitrogens with zero attached hydrogens (tertiary/aromatic N) is 1. The summed E-state index contributed by atoms with van der Waals surface area (Å²) in [5.41, 5.74) is 3.55. The third kappa shape index (κ3) is 2.82. The van der Waals surface area contributed by atoms with Gasteiger partial charge in [0.2, 0.25) is 0 Å². The maximum Gasteiger partial charge on any atom is 0.0708 e. The molecule has 0 fully saturated rings. The van der Waals surface area contributed by atoms with E-state index < -0.39 is 0 Å². The van der Waals surface area contributed by atoms with E-state index in [1.165, 1.54) is 16.6 Å². The highest BCUT2D eigenvalue weighted by atomic mass is 14.7. The molecule has 0 bridgehead atoms. The molecule has 1 nitrogen and oxygen atoms in total. The summed E-state index contributed by atoms with van der Waals surface area (Å²) in [7, 11) is 0. The monoisotopic (exact) mass is 215 g/mol. The fourth-order valence-electron chi connectivity index (χ4n) is 1.56. The van der Waals surface area contributed by atoms with Crippen LogP contribution in [0.5, 0.6) is 0 Å². The molecule has 16 heavy (non-hydrogen) atoms. The lowest BCUT2D eigenvalue weighted by molar-refractivity contribution is 0.830. The van der Waals surface area contributed by atoms with E-state index in [4.69, 9.17) is 0 Å². The zero-order valence-electron chi connectivity index (χ0n) is 10.9. The Labute approximate surface area is 98.5 Å². The number of aromatic nitrogens is 1. The molecule has 0 amide bonds. The van der Waals surface area contributed by atoms with Crippen molar-refractivity contribution in [1.29, 1.82) is 0 Å². The Morgan fingerprint density at radius 1 is 1.00 bits per heavy atom. The Morgan fingerprint density at radius 3 is 2.25 bits per heavy atom. The van der Waals surface area contributed by atoms with Crippen LogP contribution in [-0.4, -0.2) is 4.98 Å². The zero-order valence-corrected chi connectivity index (χ0v) is 10.9. The molecule has 0 aliphatic heterocycles. The molecule has 0 radical (unpaired) electrons. The standard InChI is InChI=1S/C13H15N.C2H6/c1-9(2)12-7-6-11-5-4-10(3)8-13(11)14-12;1-2/h4-9H,1-3H3;1-2H3. The summed E-state index contributed by atoms with van der Waals surface area (Å²) in [6.45, 7) is 10.4. The van der Waals surface area contributed by atoms with Gasteiger partial charge in [-0.05, 0) is 30.5 Å². The molecule has 86 valence electrons. The lowest BCUT2D eigenvalue weighted by atomic mass is 10.1. The van der Waals surface area contributed by atoms with Crippen LogP contribution in [0.25, 0.3) is 10.9 Å². The van der Waals surface area contributed by atoms with Crippen molar-refractivity contribution in [2.75, 3.05) is 0 Å². The SMILES string of the molecule is CC.Cc1ccc2ccc(C(C)C)nc2c1. The first-order valence-electron chi connectivity index (χ1n) is 6.04. The summed E-state index contributed by atoms with van der Waals surface area (Å²) < 4.78 is 0. The quantitative estimate of drug-likeness (QED) is 0.672. The molecule has 0 aliphatic rings. The second kappa shape index (κ2) is 5.64. The average molecular weight is 215 g/mol. The fourth-order valence-corrected chi connectivity index (χ4v) is 1.56. The van der Waals surface area contributed by atoms with Gasteiger partial charge in [0.1, 0.15) is 0 Å². The van der Waals surface area contributed by atoms with Crippen LogP contribution in [0.15, 0.2) is 30.3 Å². The van der Waals surface area contributed by atoms with Crippen molar-refractivity contribution in [3.63, 3.8) is 0 Å². The lowest BCUT2D eigenvalue weighted by Crippen LogP contribution is -1.92. The maximum absolute atomic E-state index is 4.64. The Morgan fingerprint density at radius 2 is 1.62 bits per heavy atom. The molecule has 0 atom stereocenters. The van der Waals surface area contributed by atoms with Crippen LogP contribution < -0.4 is 0 Å². The molecule has 0 saturated carbocycles. The van der Waals surface area contributed by atoms with Crippen molar-refractivity contribution in [2.45, 2.75) is 40.5 Å². The van der Waals surface area contributed by atoms with Crippen molar-refractivity contribution in [1.82, 2.24) is 4.98 Å². The second-order valence-corrected chi connectivity index (χ2v) is 4.09. The van der Waals surface area contributed by atoms with Gasteiger partial charge in [0, 0.05) is 11.1 Å². The van der Waals surface area contributed by atoms with E-state index in [0.717, 1.165) is 5.52 Å². The largest absolute Gasteiger partial charge is 0.253 e. The van der Waals surface area contributed by atoms with Crippen molar-refractivity contribution >= 4 is 10.9 Å².